The largest absolute Gasteiger partial charge is 0.344 e. The molecule has 0 radical (unpaired) electrons. The molecule has 1 saturated carbocycles. The van der Waals surface area contributed by atoms with Gasteiger partial charge in [-0.05, 0) is 69.9 Å². The zero-order valence-corrected chi connectivity index (χ0v) is 21.2. The summed E-state index contributed by atoms with van der Waals surface area (Å²) in [5.74, 6) is -1.65. The van der Waals surface area contributed by atoms with E-state index in [4.69, 9.17) is 5.73 Å². The number of nitrogens with zero attached hydrogens (tertiary/aromatic N) is 2. The minimum Gasteiger partial charge on any atom is -0.344 e. The first-order valence-electron chi connectivity index (χ1n) is 13.3. The lowest BCUT2D eigenvalue weighted by atomic mass is 9.80. The third-order valence-electron chi connectivity index (χ3n) is 7.99. The highest BCUT2D eigenvalue weighted by Crippen LogP contribution is 2.28. The Hall–Kier alpha value is -2.78. The maximum Gasteiger partial charge on any atom is 0.292 e. The Balaban J connectivity index is 1.46. The average molecular weight is 498 g/mol. The molecule has 3 atom stereocenters. The number of nitrogens with one attached hydrogen (secondary N) is 2. The van der Waals surface area contributed by atoms with Gasteiger partial charge in [-0.25, -0.2) is 0 Å². The summed E-state index contributed by atoms with van der Waals surface area (Å²) in [6, 6.07) is 7.89. The van der Waals surface area contributed by atoms with Crippen LogP contribution in [-0.4, -0.2) is 84.2 Å². The van der Waals surface area contributed by atoms with Gasteiger partial charge in [0.25, 0.3) is 5.91 Å². The molecule has 196 valence electrons. The van der Waals surface area contributed by atoms with Gasteiger partial charge in [-0.2, -0.15) is 0 Å². The van der Waals surface area contributed by atoms with Gasteiger partial charge in [0, 0.05) is 25.7 Å². The first-order chi connectivity index (χ1) is 17.4. The molecule has 0 aromatic heterocycles. The highest BCUT2D eigenvalue weighted by atomic mass is 16.2. The van der Waals surface area contributed by atoms with Crippen LogP contribution in [0.4, 0.5) is 0 Å². The highest BCUT2D eigenvalue weighted by Gasteiger charge is 2.42. The van der Waals surface area contributed by atoms with Crippen molar-refractivity contribution in [3.8, 4) is 0 Å². The molecular formula is C27H39N5O4. The first-order valence-corrected chi connectivity index (χ1v) is 13.3. The van der Waals surface area contributed by atoms with Crippen LogP contribution >= 0.6 is 0 Å². The number of amides is 3. The molecule has 1 unspecified atom stereocenters. The van der Waals surface area contributed by atoms with Gasteiger partial charge in [0.1, 0.15) is 12.1 Å². The Labute approximate surface area is 213 Å². The fourth-order valence-electron chi connectivity index (χ4n) is 5.60. The van der Waals surface area contributed by atoms with Crippen LogP contribution in [0, 0.1) is 5.92 Å². The quantitative estimate of drug-likeness (QED) is 0.430. The van der Waals surface area contributed by atoms with E-state index in [1.54, 1.807) is 16.8 Å². The lowest BCUT2D eigenvalue weighted by Gasteiger charge is -2.36. The van der Waals surface area contributed by atoms with Crippen molar-refractivity contribution in [3.63, 3.8) is 0 Å². The summed E-state index contributed by atoms with van der Waals surface area (Å²) in [4.78, 5) is 56.1. The lowest BCUT2D eigenvalue weighted by Crippen LogP contribution is -2.59. The lowest BCUT2D eigenvalue weighted by molar-refractivity contribution is -0.150. The second kappa shape index (κ2) is 12.0. The zero-order valence-electron chi connectivity index (χ0n) is 21.2. The second-order valence-corrected chi connectivity index (χ2v) is 10.4. The Bertz CT molecular complexity index is 943. The molecule has 3 amide bonds. The molecule has 0 spiro atoms. The smallest absolute Gasteiger partial charge is 0.292 e. The Kier molecular flexibility index (Phi) is 8.74. The molecule has 4 rings (SSSR count). The monoisotopic (exact) mass is 497 g/mol. The Morgan fingerprint density at radius 1 is 0.972 bits per heavy atom. The number of ketones is 1. The van der Waals surface area contributed by atoms with Crippen LogP contribution < -0.4 is 16.4 Å². The summed E-state index contributed by atoms with van der Waals surface area (Å²) in [5, 5.41) is 6.03. The van der Waals surface area contributed by atoms with Crippen molar-refractivity contribution in [1.82, 2.24) is 20.4 Å². The average Bonchev–Trinajstić information content (AvgIpc) is 3.35. The molecule has 3 aliphatic rings. The number of hydrogen-bond acceptors (Lipinski definition) is 6. The highest BCUT2D eigenvalue weighted by molar-refractivity contribution is 6.38. The van der Waals surface area contributed by atoms with Crippen LogP contribution in [0.15, 0.2) is 30.3 Å². The molecule has 2 aliphatic heterocycles. The molecule has 1 aliphatic carbocycles. The van der Waals surface area contributed by atoms with Crippen LogP contribution in [0.2, 0.25) is 0 Å². The first kappa shape index (κ1) is 26.3. The molecule has 36 heavy (non-hydrogen) atoms. The van der Waals surface area contributed by atoms with Gasteiger partial charge in [0.05, 0.1) is 6.04 Å². The van der Waals surface area contributed by atoms with Crippen molar-refractivity contribution < 1.29 is 19.2 Å². The third-order valence-corrected chi connectivity index (χ3v) is 7.99. The summed E-state index contributed by atoms with van der Waals surface area (Å²) < 4.78 is 0. The van der Waals surface area contributed by atoms with Crippen molar-refractivity contribution in [1.29, 1.82) is 0 Å². The molecule has 1 aromatic carbocycles. The van der Waals surface area contributed by atoms with Gasteiger partial charge in [-0.3, -0.25) is 19.2 Å². The van der Waals surface area contributed by atoms with Crippen molar-refractivity contribution in [2.24, 2.45) is 11.7 Å². The molecule has 4 N–H and O–H groups in total. The number of hydrogen-bond donors (Lipinski definition) is 3. The number of likely N-dealkylation sites (tertiary alicyclic amines) is 2. The third kappa shape index (κ3) is 5.95. The maximum atomic E-state index is 13.5. The molecule has 0 bridgehead atoms. The number of benzene rings is 1. The molecule has 3 fully saturated rings. The molecule has 2 saturated heterocycles. The number of likely N-dealkylation sites (N-methyl/N-ethyl adjacent to an activating group) is 1. The van der Waals surface area contributed by atoms with Crippen LogP contribution in [0.25, 0.3) is 0 Å². The predicted octanol–water partition coefficient (Wildman–Crippen LogP) is 0.612. The van der Waals surface area contributed by atoms with E-state index >= 15 is 0 Å². The predicted molar refractivity (Wildman–Crippen MR) is 136 cm³/mol. The fourth-order valence-corrected chi connectivity index (χ4v) is 5.60. The van der Waals surface area contributed by atoms with E-state index in [2.05, 4.69) is 10.6 Å². The SMILES string of the molecule is CN[C@H](Cc1ccccc1)C(=O)N1CCC[C@H]1C(=O)NC(C(=O)C(=O)N1CCC1)C1CCC(N)CC1. The normalized spacial score (nSPS) is 25.6. The number of rotatable bonds is 9. The van der Waals surface area contributed by atoms with E-state index in [0.717, 1.165) is 31.2 Å². The molecular weight excluding hydrogens is 458 g/mol. The number of Topliss-reactive ketones (excluding diaryl/α,β-unsaturated/α-hetero) is 1. The summed E-state index contributed by atoms with van der Waals surface area (Å²) in [6.45, 7) is 1.66. The zero-order chi connectivity index (χ0) is 25.7. The molecule has 9 heteroatoms. The molecule has 2 heterocycles. The topological polar surface area (TPSA) is 125 Å². The van der Waals surface area contributed by atoms with Crippen molar-refractivity contribution >= 4 is 23.5 Å². The summed E-state index contributed by atoms with van der Waals surface area (Å²) in [6.07, 6.45) is 5.58. The van der Waals surface area contributed by atoms with E-state index in [1.807, 2.05) is 30.3 Å². The Morgan fingerprint density at radius 2 is 1.67 bits per heavy atom. The minimum atomic E-state index is -0.875. The van der Waals surface area contributed by atoms with Gasteiger partial charge in [-0.15, -0.1) is 0 Å². The number of carbonyl (C=O) groups is 4. The van der Waals surface area contributed by atoms with Gasteiger partial charge < -0.3 is 26.2 Å². The van der Waals surface area contributed by atoms with Gasteiger partial charge in [0.15, 0.2) is 0 Å². The fraction of sp³-hybridized carbons (Fsp3) is 0.630. The Morgan fingerprint density at radius 3 is 2.28 bits per heavy atom. The minimum absolute atomic E-state index is 0.0878. The van der Waals surface area contributed by atoms with E-state index in [0.29, 0.717) is 45.3 Å². The van der Waals surface area contributed by atoms with Gasteiger partial charge in [-0.1, -0.05) is 30.3 Å². The van der Waals surface area contributed by atoms with E-state index in [9.17, 15) is 19.2 Å². The second-order valence-electron chi connectivity index (χ2n) is 10.4. The van der Waals surface area contributed by atoms with E-state index in [-0.39, 0.29) is 23.8 Å². The van der Waals surface area contributed by atoms with Crippen molar-refractivity contribution in [2.45, 2.75) is 75.5 Å². The van der Waals surface area contributed by atoms with Crippen molar-refractivity contribution in [2.75, 3.05) is 26.7 Å². The summed E-state index contributed by atoms with van der Waals surface area (Å²) >= 11 is 0. The van der Waals surface area contributed by atoms with Crippen LogP contribution in [-0.2, 0) is 25.6 Å². The van der Waals surface area contributed by atoms with Crippen LogP contribution in [0.3, 0.4) is 0 Å². The van der Waals surface area contributed by atoms with Gasteiger partial charge in [0.2, 0.25) is 17.6 Å². The van der Waals surface area contributed by atoms with Crippen LogP contribution in [0.1, 0.15) is 50.5 Å². The maximum absolute atomic E-state index is 13.5. The van der Waals surface area contributed by atoms with Crippen LogP contribution in [0.5, 0.6) is 0 Å². The summed E-state index contributed by atoms with van der Waals surface area (Å²) in [5.41, 5.74) is 7.10. The molecule has 1 aromatic rings. The molecule has 9 nitrogen and oxygen atoms in total. The van der Waals surface area contributed by atoms with Gasteiger partial charge >= 0.3 is 0 Å². The summed E-state index contributed by atoms with van der Waals surface area (Å²) in [7, 11) is 1.75. The standard InChI is InChI=1S/C27H39N5O4/c1-29-21(17-18-7-3-2-4-8-18)26(35)32-16-5-9-22(32)25(34)30-23(19-10-12-20(28)13-11-19)24(33)27(36)31-14-6-15-31/h2-4,7-8,19-23,29H,5-6,9-17,28H2,1H3,(H,30,34)/t19?,20?,21-,22+,23?/m1/s1. The van der Waals surface area contributed by atoms with Crippen molar-refractivity contribution in [3.05, 3.63) is 35.9 Å². The van der Waals surface area contributed by atoms with E-state index in [1.165, 1.54) is 0 Å². The number of nitrogens with two attached hydrogens (primary N) is 1. The number of carbonyl (C=O) groups excluding carboxylic acids is 4. The van der Waals surface area contributed by atoms with E-state index < -0.39 is 29.8 Å².